The van der Waals surface area contributed by atoms with Crippen molar-refractivity contribution >= 4 is 15.9 Å². The molecule has 0 aromatic heterocycles. The average molecular weight is 430 g/mol. The Labute approximate surface area is 179 Å². The van der Waals surface area contributed by atoms with Crippen LogP contribution in [0.3, 0.4) is 0 Å². The first-order chi connectivity index (χ1) is 14.1. The fourth-order valence-electron chi connectivity index (χ4n) is 5.92. The summed E-state index contributed by atoms with van der Waals surface area (Å²) in [5, 5.41) is 12.2. The molecule has 3 fully saturated rings. The van der Waals surface area contributed by atoms with Gasteiger partial charge < -0.3 is 5.32 Å². The van der Waals surface area contributed by atoms with Crippen LogP contribution in [0.25, 0.3) is 0 Å². The number of hydrogen-bond acceptors (Lipinski definition) is 4. The van der Waals surface area contributed by atoms with Gasteiger partial charge in [-0.3, -0.25) is 4.79 Å². The van der Waals surface area contributed by atoms with E-state index in [0.717, 1.165) is 12.8 Å². The molecule has 1 heterocycles. The lowest BCUT2D eigenvalue weighted by atomic mass is 9.69. The molecule has 1 aromatic rings. The van der Waals surface area contributed by atoms with Crippen LogP contribution in [-0.4, -0.2) is 37.8 Å². The van der Waals surface area contributed by atoms with Crippen LogP contribution >= 0.6 is 0 Å². The predicted octanol–water partition coefficient (Wildman–Crippen LogP) is 3.29. The summed E-state index contributed by atoms with van der Waals surface area (Å²) in [6.07, 6.45) is 4.55. The molecule has 1 amide bonds. The number of piperidine rings is 1. The van der Waals surface area contributed by atoms with Gasteiger partial charge in [0, 0.05) is 25.0 Å². The van der Waals surface area contributed by atoms with Gasteiger partial charge in [0.25, 0.3) is 0 Å². The quantitative estimate of drug-likeness (QED) is 0.795. The second-order valence-corrected chi connectivity index (χ2v) is 11.9. The molecular formula is C23H31N3O3S. The number of amides is 1. The molecule has 0 radical (unpaired) electrons. The SMILES string of the molecule is CC1(C)C2CCC1(C)C(NC(=O)C1CCN(S(=O)(=O)c3ccc(C#N)cc3)CC1)C2. The summed E-state index contributed by atoms with van der Waals surface area (Å²) in [6.45, 7) is 7.68. The van der Waals surface area contributed by atoms with Gasteiger partial charge in [0.1, 0.15) is 0 Å². The fraction of sp³-hybridized carbons (Fsp3) is 0.652. The second kappa shape index (κ2) is 7.35. The van der Waals surface area contributed by atoms with Crippen LogP contribution in [0.5, 0.6) is 0 Å². The van der Waals surface area contributed by atoms with Crippen molar-refractivity contribution in [2.75, 3.05) is 13.1 Å². The minimum Gasteiger partial charge on any atom is -0.353 e. The first-order valence-corrected chi connectivity index (χ1v) is 12.3. The van der Waals surface area contributed by atoms with E-state index < -0.39 is 10.0 Å². The van der Waals surface area contributed by atoms with Gasteiger partial charge >= 0.3 is 0 Å². The van der Waals surface area contributed by atoms with Gasteiger partial charge in [-0.1, -0.05) is 20.8 Å². The van der Waals surface area contributed by atoms with Gasteiger partial charge in [-0.05, 0) is 73.1 Å². The zero-order valence-electron chi connectivity index (χ0n) is 18.0. The number of carbonyl (C=O) groups excluding carboxylic acids is 1. The van der Waals surface area contributed by atoms with Crippen LogP contribution in [-0.2, 0) is 14.8 Å². The van der Waals surface area contributed by atoms with Crippen molar-refractivity contribution in [1.29, 1.82) is 5.26 Å². The number of fused-ring (bicyclic) bond motifs is 2. The Balaban J connectivity index is 1.36. The van der Waals surface area contributed by atoms with E-state index >= 15 is 0 Å². The minimum atomic E-state index is -3.60. The molecule has 2 bridgehead atoms. The Hall–Kier alpha value is -1.91. The fourth-order valence-corrected chi connectivity index (χ4v) is 7.39. The molecule has 2 aliphatic carbocycles. The van der Waals surface area contributed by atoms with E-state index in [2.05, 4.69) is 26.1 Å². The summed E-state index contributed by atoms with van der Waals surface area (Å²) in [5.74, 6) is 0.621. The third-order valence-corrected chi connectivity index (χ3v) is 10.5. The van der Waals surface area contributed by atoms with E-state index in [1.807, 2.05) is 6.07 Å². The van der Waals surface area contributed by atoms with Crippen molar-refractivity contribution in [2.24, 2.45) is 22.7 Å². The Bertz CT molecular complexity index is 972. The maximum Gasteiger partial charge on any atom is 0.243 e. The van der Waals surface area contributed by atoms with Crippen molar-refractivity contribution in [2.45, 2.75) is 63.8 Å². The highest BCUT2D eigenvalue weighted by atomic mass is 32.2. The van der Waals surface area contributed by atoms with Crippen molar-refractivity contribution in [3.05, 3.63) is 29.8 Å². The molecule has 1 aliphatic heterocycles. The molecule has 7 heteroatoms. The van der Waals surface area contributed by atoms with Crippen LogP contribution in [0.1, 0.15) is 58.4 Å². The molecule has 0 spiro atoms. The van der Waals surface area contributed by atoms with E-state index in [1.165, 1.54) is 35.0 Å². The minimum absolute atomic E-state index is 0.0833. The normalized spacial score (nSPS) is 31.4. The molecule has 3 atom stereocenters. The Morgan fingerprint density at radius 1 is 1.13 bits per heavy atom. The lowest BCUT2D eigenvalue weighted by molar-refractivity contribution is -0.127. The highest BCUT2D eigenvalue weighted by Crippen LogP contribution is 2.65. The molecule has 1 saturated heterocycles. The number of carbonyl (C=O) groups is 1. The molecule has 4 rings (SSSR count). The van der Waals surface area contributed by atoms with E-state index in [0.29, 0.717) is 37.4 Å². The summed E-state index contributed by atoms with van der Waals surface area (Å²) in [5.41, 5.74) is 0.831. The number of nitrogens with one attached hydrogen (secondary N) is 1. The summed E-state index contributed by atoms with van der Waals surface area (Å²) in [6, 6.07) is 8.21. The van der Waals surface area contributed by atoms with Gasteiger partial charge in [0.15, 0.2) is 0 Å². The molecule has 3 aliphatic rings. The predicted molar refractivity (Wildman–Crippen MR) is 114 cm³/mol. The largest absolute Gasteiger partial charge is 0.353 e. The monoisotopic (exact) mass is 429 g/mol. The molecule has 3 unspecified atom stereocenters. The van der Waals surface area contributed by atoms with Crippen molar-refractivity contribution in [3.63, 3.8) is 0 Å². The third kappa shape index (κ3) is 3.25. The number of hydrogen-bond donors (Lipinski definition) is 1. The number of benzene rings is 1. The number of sulfonamides is 1. The maximum atomic E-state index is 13.0. The van der Waals surface area contributed by atoms with Crippen LogP contribution in [0.4, 0.5) is 0 Å². The highest BCUT2D eigenvalue weighted by Gasteiger charge is 2.61. The van der Waals surface area contributed by atoms with Crippen LogP contribution in [0, 0.1) is 34.0 Å². The molecule has 1 N–H and O–H groups in total. The first kappa shape index (κ1) is 21.3. The van der Waals surface area contributed by atoms with Crippen molar-refractivity contribution < 1.29 is 13.2 Å². The van der Waals surface area contributed by atoms with Gasteiger partial charge in [0.2, 0.25) is 15.9 Å². The molecule has 30 heavy (non-hydrogen) atoms. The third-order valence-electron chi connectivity index (χ3n) is 8.56. The van der Waals surface area contributed by atoms with Gasteiger partial charge in [-0.2, -0.15) is 9.57 Å². The molecule has 162 valence electrons. The Kier molecular flexibility index (Phi) is 5.22. The first-order valence-electron chi connectivity index (χ1n) is 10.9. The summed E-state index contributed by atoms with van der Waals surface area (Å²) in [7, 11) is -3.60. The number of nitrogens with zero attached hydrogens (tertiary/aromatic N) is 2. The van der Waals surface area contributed by atoms with E-state index in [9.17, 15) is 13.2 Å². The molecule has 1 aromatic carbocycles. The maximum absolute atomic E-state index is 13.0. The van der Waals surface area contributed by atoms with E-state index in [-0.39, 0.29) is 33.6 Å². The lowest BCUT2D eigenvalue weighted by Crippen LogP contribution is -2.50. The standard InChI is InChI=1S/C23H31N3O3S/c1-22(2)18-8-11-23(22,3)20(14-18)25-21(27)17-9-12-26(13-10-17)30(28,29)19-6-4-16(15-24)5-7-19/h4-7,17-18,20H,8-14H2,1-3H3,(H,25,27). The molecule has 6 nitrogen and oxygen atoms in total. The number of nitriles is 1. The van der Waals surface area contributed by atoms with Gasteiger partial charge in [-0.25, -0.2) is 8.42 Å². The summed E-state index contributed by atoms with van der Waals surface area (Å²) >= 11 is 0. The van der Waals surface area contributed by atoms with Crippen LogP contribution in [0.2, 0.25) is 0 Å². The Morgan fingerprint density at radius 3 is 2.27 bits per heavy atom. The number of rotatable bonds is 4. The van der Waals surface area contributed by atoms with Crippen molar-refractivity contribution in [3.8, 4) is 6.07 Å². The zero-order chi connectivity index (χ0) is 21.7. The molecule has 2 saturated carbocycles. The topological polar surface area (TPSA) is 90.3 Å². The van der Waals surface area contributed by atoms with E-state index in [1.54, 1.807) is 0 Å². The Morgan fingerprint density at radius 2 is 1.77 bits per heavy atom. The smallest absolute Gasteiger partial charge is 0.243 e. The molecular weight excluding hydrogens is 398 g/mol. The summed E-state index contributed by atoms with van der Waals surface area (Å²) < 4.78 is 27.2. The van der Waals surface area contributed by atoms with Gasteiger partial charge in [0.05, 0.1) is 16.5 Å². The van der Waals surface area contributed by atoms with Crippen LogP contribution < -0.4 is 5.32 Å². The summed E-state index contributed by atoms with van der Waals surface area (Å²) in [4.78, 5) is 13.2. The zero-order valence-corrected chi connectivity index (χ0v) is 18.8. The van der Waals surface area contributed by atoms with Crippen LogP contribution in [0.15, 0.2) is 29.2 Å². The van der Waals surface area contributed by atoms with Gasteiger partial charge in [-0.15, -0.1) is 0 Å². The lowest BCUT2D eigenvalue weighted by Gasteiger charge is -2.40. The second-order valence-electron chi connectivity index (χ2n) is 9.99. The van der Waals surface area contributed by atoms with E-state index in [4.69, 9.17) is 5.26 Å². The average Bonchev–Trinajstić information content (AvgIpc) is 3.07. The highest BCUT2D eigenvalue weighted by molar-refractivity contribution is 7.89. The van der Waals surface area contributed by atoms with Crippen molar-refractivity contribution in [1.82, 2.24) is 9.62 Å².